The Kier molecular flexibility index (Phi) is 7.26. The molecular formula is C23H32N6O3S. The number of rotatable bonds is 9. The van der Waals surface area contributed by atoms with Crippen LogP contribution in [-0.4, -0.2) is 52.5 Å². The molecule has 0 amide bonds. The first kappa shape index (κ1) is 23.6. The molecule has 1 aliphatic rings. The zero-order valence-electron chi connectivity index (χ0n) is 19.2. The molecule has 33 heavy (non-hydrogen) atoms. The quantitative estimate of drug-likeness (QED) is 0.408. The third-order valence-corrected chi connectivity index (χ3v) is 7.61. The minimum atomic E-state index is -3.52. The number of nitrogens with zero attached hydrogens (tertiary/aromatic N) is 4. The van der Waals surface area contributed by atoms with Crippen LogP contribution in [0, 0.1) is 0 Å². The largest absolute Gasteiger partial charge is 0.393 e. The van der Waals surface area contributed by atoms with Crippen LogP contribution in [0.3, 0.4) is 0 Å². The van der Waals surface area contributed by atoms with Crippen LogP contribution in [0.5, 0.6) is 0 Å². The lowest BCUT2D eigenvalue weighted by Gasteiger charge is -2.25. The number of sulfonamides is 1. The minimum absolute atomic E-state index is 0.149. The first-order valence-corrected chi connectivity index (χ1v) is 13.2. The number of nitrogens with one attached hydrogen (secondary N) is 2. The molecule has 0 bridgehead atoms. The second-order valence-corrected chi connectivity index (χ2v) is 10.3. The topological polar surface area (TPSA) is 122 Å². The Morgan fingerprint density at radius 3 is 2.52 bits per heavy atom. The van der Waals surface area contributed by atoms with Crippen molar-refractivity contribution in [2.75, 3.05) is 18.4 Å². The summed E-state index contributed by atoms with van der Waals surface area (Å²) in [6, 6.07) is 6.88. The fourth-order valence-corrected chi connectivity index (χ4v) is 5.26. The second-order valence-electron chi connectivity index (χ2n) is 8.49. The maximum Gasteiger partial charge on any atom is 0.240 e. The van der Waals surface area contributed by atoms with Crippen molar-refractivity contribution < 1.29 is 13.5 Å². The first-order valence-electron chi connectivity index (χ1n) is 11.7. The van der Waals surface area contributed by atoms with E-state index in [4.69, 9.17) is 10.1 Å². The Hall–Kier alpha value is -2.56. The average molecular weight is 473 g/mol. The van der Waals surface area contributed by atoms with E-state index in [9.17, 15) is 13.5 Å². The molecule has 3 aromatic rings. The molecule has 2 heterocycles. The molecule has 9 nitrogen and oxygen atoms in total. The Bertz CT molecular complexity index is 1180. The predicted molar refractivity (Wildman–Crippen MR) is 129 cm³/mol. The van der Waals surface area contributed by atoms with Crippen molar-refractivity contribution in [3.05, 3.63) is 30.5 Å². The summed E-state index contributed by atoms with van der Waals surface area (Å²) in [5.74, 6) is 0.576. The minimum Gasteiger partial charge on any atom is -0.393 e. The molecule has 1 aliphatic carbocycles. The highest BCUT2D eigenvalue weighted by Crippen LogP contribution is 2.34. The number of aliphatic hydroxyl groups is 1. The zero-order valence-corrected chi connectivity index (χ0v) is 20.0. The van der Waals surface area contributed by atoms with Gasteiger partial charge in [-0.3, -0.25) is 0 Å². The van der Waals surface area contributed by atoms with E-state index in [-0.39, 0.29) is 17.0 Å². The molecule has 10 heteroatoms. The van der Waals surface area contributed by atoms with Gasteiger partial charge in [-0.25, -0.2) is 22.8 Å². The van der Waals surface area contributed by atoms with Crippen LogP contribution in [0.25, 0.3) is 22.3 Å². The molecule has 0 unspecified atom stereocenters. The average Bonchev–Trinajstić information content (AvgIpc) is 3.19. The molecule has 1 fully saturated rings. The van der Waals surface area contributed by atoms with Crippen molar-refractivity contribution in [3.8, 4) is 11.3 Å². The normalized spacial score (nSPS) is 19.1. The van der Waals surface area contributed by atoms with Crippen LogP contribution < -0.4 is 10.0 Å². The number of hydrogen-bond acceptors (Lipinski definition) is 7. The fourth-order valence-electron chi connectivity index (χ4n) is 4.22. The Balaban J connectivity index is 1.73. The van der Waals surface area contributed by atoms with E-state index in [1.165, 1.54) is 0 Å². The monoisotopic (exact) mass is 472 g/mol. The Morgan fingerprint density at radius 2 is 1.85 bits per heavy atom. The molecule has 1 aromatic carbocycles. The van der Waals surface area contributed by atoms with Gasteiger partial charge in [-0.15, -0.1) is 0 Å². The van der Waals surface area contributed by atoms with Gasteiger partial charge < -0.3 is 10.4 Å². The van der Waals surface area contributed by atoms with Gasteiger partial charge in [0.25, 0.3) is 0 Å². The standard InChI is InChI=1S/C23H32N6O3S/c1-3-5-14-24-23-25-15-20-21(16-6-12-19(13-7-16)33(31,32)26-4-2)28-29(22(20)27-23)17-8-10-18(30)11-9-17/h6-7,12-13,15,17-18,26,30H,3-5,8-11,14H2,1-2H3,(H,24,25,27)/t17-,18+. The lowest BCUT2D eigenvalue weighted by atomic mass is 9.93. The van der Waals surface area contributed by atoms with Crippen LogP contribution in [0.2, 0.25) is 0 Å². The van der Waals surface area contributed by atoms with Gasteiger partial charge in [0.2, 0.25) is 16.0 Å². The second kappa shape index (κ2) is 10.1. The van der Waals surface area contributed by atoms with Gasteiger partial charge in [-0.2, -0.15) is 10.1 Å². The molecular weight excluding hydrogens is 440 g/mol. The van der Waals surface area contributed by atoms with Crippen LogP contribution in [-0.2, 0) is 10.0 Å². The van der Waals surface area contributed by atoms with Crippen molar-refractivity contribution >= 4 is 27.0 Å². The fraction of sp³-hybridized carbons (Fsp3) is 0.522. The van der Waals surface area contributed by atoms with Crippen molar-refractivity contribution in [2.24, 2.45) is 0 Å². The summed E-state index contributed by atoms with van der Waals surface area (Å²) in [4.78, 5) is 9.49. The van der Waals surface area contributed by atoms with E-state index >= 15 is 0 Å². The van der Waals surface area contributed by atoms with Gasteiger partial charge in [-0.1, -0.05) is 32.4 Å². The smallest absolute Gasteiger partial charge is 0.240 e. The van der Waals surface area contributed by atoms with Gasteiger partial charge in [-0.05, 0) is 44.2 Å². The summed E-state index contributed by atoms with van der Waals surface area (Å²) in [7, 11) is -3.52. The first-order chi connectivity index (χ1) is 15.9. The summed E-state index contributed by atoms with van der Waals surface area (Å²) < 4.78 is 29.1. The van der Waals surface area contributed by atoms with Gasteiger partial charge in [0, 0.05) is 24.8 Å². The number of hydrogen-bond donors (Lipinski definition) is 3. The highest BCUT2D eigenvalue weighted by molar-refractivity contribution is 7.89. The number of unbranched alkanes of at least 4 members (excludes halogenated alkanes) is 1. The maximum absolute atomic E-state index is 12.3. The number of aromatic nitrogens is 4. The van der Waals surface area contributed by atoms with Gasteiger partial charge in [0.1, 0.15) is 5.69 Å². The molecule has 0 atom stereocenters. The van der Waals surface area contributed by atoms with Gasteiger partial charge >= 0.3 is 0 Å². The lowest BCUT2D eigenvalue weighted by molar-refractivity contribution is 0.109. The summed E-state index contributed by atoms with van der Waals surface area (Å²) >= 11 is 0. The summed E-state index contributed by atoms with van der Waals surface area (Å²) in [5.41, 5.74) is 2.29. The molecule has 0 aliphatic heterocycles. The number of fused-ring (bicyclic) bond motifs is 1. The van der Waals surface area contributed by atoms with Crippen LogP contribution in [0.15, 0.2) is 35.4 Å². The van der Waals surface area contributed by atoms with Crippen LogP contribution >= 0.6 is 0 Å². The number of anilines is 1. The van der Waals surface area contributed by atoms with Crippen molar-refractivity contribution in [1.29, 1.82) is 0 Å². The van der Waals surface area contributed by atoms with Crippen molar-refractivity contribution in [1.82, 2.24) is 24.5 Å². The summed E-state index contributed by atoms with van der Waals surface area (Å²) in [6.45, 7) is 5.03. The Labute approximate surface area is 194 Å². The number of benzene rings is 1. The molecule has 0 spiro atoms. The lowest BCUT2D eigenvalue weighted by Crippen LogP contribution is -2.23. The molecule has 0 saturated heterocycles. The Morgan fingerprint density at radius 1 is 1.12 bits per heavy atom. The SMILES string of the molecule is CCCCNc1ncc2c(-c3ccc(S(=O)(=O)NCC)cc3)nn([C@H]3CC[C@@H](O)CC3)c2n1. The molecule has 3 N–H and O–H groups in total. The van der Waals surface area contributed by atoms with Gasteiger partial charge in [0.15, 0.2) is 5.65 Å². The van der Waals surface area contributed by atoms with Crippen LogP contribution in [0.4, 0.5) is 5.95 Å². The predicted octanol–water partition coefficient (Wildman–Crippen LogP) is 3.48. The van der Waals surface area contributed by atoms with E-state index in [2.05, 4.69) is 21.9 Å². The van der Waals surface area contributed by atoms with E-state index in [0.717, 1.165) is 67.4 Å². The molecule has 1 saturated carbocycles. The zero-order chi connectivity index (χ0) is 23.4. The van der Waals surface area contributed by atoms with E-state index in [0.29, 0.717) is 12.5 Å². The van der Waals surface area contributed by atoms with Crippen molar-refractivity contribution in [2.45, 2.75) is 69.4 Å². The number of aliphatic hydroxyl groups excluding tert-OH is 1. The van der Waals surface area contributed by atoms with E-state index < -0.39 is 10.0 Å². The van der Waals surface area contributed by atoms with E-state index in [1.54, 1.807) is 37.4 Å². The van der Waals surface area contributed by atoms with Crippen molar-refractivity contribution in [3.63, 3.8) is 0 Å². The van der Waals surface area contributed by atoms with Crippen LogP contribution in [0.1, 0.15) is 58.4 Å². The molecule has 0 radical (unpaired) electrons. The maximum atomic E-state index is 12.3. The summed E-state index contributed by atoms with van der Waals surface area (Å²) in [6.07, 6.45) is 6.80. The molecule has 2 aromatic heterocycles. The van der Waals surface area contributed by atoms with Gasteiger partial charge in [0.05, 0.1) is 22.4 Å². The summed E-state index contributed by atoms with van der Waals surface area (Å²) in [5, 5.41) is 19.0. The molecule has 178 valence electrons. The van der Waals surface area contributed by atoms with E-state index in [1.807, 2.05) is 4.68 Å². The molecule has 4 rings (SSSR count). The highest BCUT2D eigenvalue weighted by atomic mass is 32.2. The third-order valence-electron chi connectivity index (χ3n) is 6.05. The highest BCUT2D eigenvalue weighted by Gasteiger charge is 2.26. The third kappa shape index (κ3) is 5.18.